The van der Waals surface area contributed by atoms with Crippen molar-refractivity contribution >= 4 is 33.2 Å². The maximum atomic E-state index is 13.3. The number of nitrogens with zero attached hydrogens (tertiary/aromatic N) is 1. The van der Waals surface area contributed by atoms with Crippen LogP contribution in [-0.2, 0) is 21.4 Å². The fraction of sp³-hybridized carbons (Fsp3) is 0.136. The number of sulfonamides is 1. The van der Waals surface area contributed by atoms with E-state index in [1.165, 1.54) is 55.6 Å². The molecule has 31 heavy (non-hydrogen) atoms. The van der Waals surface area contributed by atoms with Gasteiger partial charge in [0.15, 0.2) is 0 Å². The van der Waals surface area contributed by atoms with E-state index >= 15 is 0 Å². The van der Waals surface area contributed by atoms with Gasteiger partial charge in [-0.05, 0) is 66.2 Å². The second-order valence-electron chi connectivity index (χ2n) is 6.57. The van der Waals surface area contributed by atoms with Gasteiger partial charge in [0.1, 0.15) is 18.1 Å². The number of halogens is 2. The van der Waals surface area contributed by atoms with E-state index in [-0.39, 0.29) is 22.9 Å². The van der Waals surface area contributed by atoms with Crippen LogP contribution in [0.4, 0.5) is 10.1 Å². The minimum absolute atomic E-state index is 0.00887. The van der Waals surface area contributed by atoms with Gasteiger partial charge in [0, 0.05) is 11.6 Å². The first kappa shape index (κ1) is 22.6. The molecule has 0 fully saturated rings. The number of amides is 1. The molecule has 0 aliphatic rings. The van der Waals surface area contributed by atoms with Crippen molar-refractivity contribution in [2.24, 2.45) is 0 Å². The Balaban J connectivity index is 1.84. The number of carbonyl (C=O) groups excluding carboxylic acids is 1. The summed E-state index contributed by atoms with van der Waals surface area (Å²) < 4.78 is 45.7. The van der Waals surface area contributed by atoms with Crippen LogP contribution in [0, 0.1) is 5.82 Å². The van der Waals surface area contributed by atoms with Gasteiger partial charge in [0.2, 0.25) is 5.91 Å². The summed E-state index contributed by atoms with van der Waals surface area (Å²) >= 11 is 5.93. The van der Waals surface area contributed by atoms with Crippen LogP contribution in [0.15, 0.2) is 77.7 Å². The Morgan fingerprint density at radius 1 is 1.00 bits per heavy atom. The third-order valence-electron chi connectivity index (χ3n) is 4.45. The minimum Gasteiger partial charge on any atom is -0.497 e. The van der Waals surface area contributed by atoms with Crippen LogP contribution >= 0.6 is 11.6 Å². The highest BCUT2D eigenvalue weighted by molar-refractivity contribution is 7.92. The summed E-state index contributed by atoms with van der Waals surface area (Å²) in [4.78, 5) is 12.6. The molecule has 0 aliphatic carbocycles. The van der Waals surface area contributed by atoms with Crippen molar-refractivity contribution in [1.29, 1.82) is 0 Å². The highest BCUT2D eigenvalue weighted by atomic mass is 35.5. The number of nitrogens with one attached hydrogen (secondary N) is 1. The maximum absolute atomic E-state index is 13.3. The normalized spacial score (nSPS) is 11.1. The lowest BCUT2D eigenvalue weighted by Crippen LogP contribution is -2.40. The average Bonchev–Trinajstić information content (AvgIpc) is 2.78. The quantitative estimate of drug-likeness (QED) is 0.549. The summed E-state index contributed by atoms with van der Waals surface area (Å²) in [7, 11) is -2.57. The van der Waals surface area contributed by atoms with E-state index < -0.39 is 22.5 Å². The van der Waals surface area contributed by atoms with E-state index in [4.69, 9.17) is 16.3 Å². The van der Waals surface area contributed by atoms with Crippen molar-refractivity contribution < 1.29 is 22.3 Å². The Kier molecular flexibility index (Phi) is 7.14. The van der Waals surface area contributed by atoms with Gasteiger partial charge in [0.05, 0.1) is 17.7 Å². The van der Waals surface area contributed by atoms with E-state index in [9.17, 15) is 17.6 Å². The van der Waals surface area contributed by atoms with Crippen LogP contribution in [-0.4, -0.2) is 28.0 Å². The first-order valence-corrected chi connectivity index (χ1v) is 11.0. The fourth-order valence-electron chi connectivity index (χ4n) is 2.79. The lowest BCUT2D eigenvalue weighted by atomic mass is 10.2. The zero-order chi connectivity index (χ0) is 22.4. The van der Waals surface area contributed by atoms with Gasteiger partial charge in [-0.1, -0.05) is 23.7 Å². The number of rotatable bonds is 8. The SMILES string of the molecule is COc1ccc(S(=O)(=O)N(CC(=O)NCc2ccc(F)cc2)c2ccc(Cl)cc2)cc1. The average molecular weight is 463 g/mol. The Labute approximate surface area is 185 Å². The Bertz CT molecular complexity index is 1140. The summed E-state index contributed by atoms with van der Waals surface area (Å²) in [6.45, 7) is -0.312. The third-order valence-corrected chi connectivity index (χ3v) is 6.49. The van der Waals surface area contributed by atoms with Gasteiger partial charge in [-0.15, -0.1) is 0 Å². The lowest BCUT2D eigenvalue weighted by Gasteiger charge is -2.24. The zero-order valence-corrected chi connectivity index (χ0v) is 18.2. The lowest BCUT2D eigenvalue weighted by molar-refractivity contribution is -0.119. The third kappa shape index (κ3) is 5.74. The van der Waals surface area contributed by atoms with Crippen molar-refractivity contribution in [2.45, 2.75) is 11.4 Å². The molecule has 0 bridgehead atoms. The Morgan fingerprint density at radius 2 is 1.61 bits per heavy atom. The minimum atomic E-state index is -4.05. The molecule has 1 amide bonds. The molecule has 1 N–H and O–H groups in total. The number of anilines is 1. The highest BCUT2D eigenvalue weighted by Crippen LogP contribution is 2.26. The van der Waals surface area contributed by atoms with Gasteiger partial charge in [0.25, 0.3) is 10.0 Å². The standard InChI is InChI=1S/C22H20ClFN2O4S/c1-30-20-10-12-21(13-11-20)31(28,29)26(19-8-4-17(23)5-9-19)15-22(27)25-14-16-2-6-18(24)7-3-16/h2-13H,14-15H2,1H3,(H,25,27). The van der Waals surface area contributed by atoms with Crippen molar-refractivity contribution in [3.05, 3.63) is 89.2 Å². The number of hydrogen-bond acceptors (Lipinski definition) is 4. The molecule has 0 radical (unpaired) electrons. The molecule has 3 aromatic rings. The fourth-order valence-corrected chi connectivity index (χ4v) is 4.33. The molecule has 3 aromatic carbocycles. The van der Waals surface area contributed by atoms with Crippen LogP contribution < -0.4 is 14.4 Å². The van der Waals surface area contributed by atoms with Crippen LogP contribution in [0.5, 0.6) is 5.75 Å². The Morgan fingerprint density at radius 3 is 2.19 bits per heavy atom. The number of carbonyl (C=O) groups is 1. The summed E-state index contributed by atoms with van der Waals surface area (Å²) in [6.07, 6.45) is 0. The predicted octanol–water partition coefficient (Wildman–Crippen LogP) is 4.00. The summed E-state index contributed by atoms with van der Waals surface area (Å²) in [5.74, 6) is -0.389. The molecule has 3 rings (SSSR count). The molecule has 0 unspecified atom stereocenters. The van der Waals surface area contributed by atoms with E-state index in [2.05, 4.69) is 5.32 Å². The molecule has 0 saturated heterocycles. The summed E-state index contributed by atoms with van der Waals surface area (Å²) in [6, 6.07) is 17.7. The number of ether oxygens (including phenoxy) is 1. The highest BCUT2D eigenvalue weighted by Gasteiger charge is 2.27. The number of benzene rings is 3. The van der Waals surface area contributed by atoms with E-state index in [1.54, 1.807) is 24.3 Å². The molecular formula is C22H20ClFN2O4S. The number of methoxy groups -OCH3 is 1. The van der Waals surface area contributed by atoms with Crippen molar-refractivity contribution in [2.75, 3.05) is 18.0 Å². The summed E-state index contributed by atoms with van der Waals surface area (Å²) in [5, 5.41) is 3.09. The largest absolute Gasteiger partial charge is 0.497 e. The van der Waals surface area contributed by atoms with Crippen molar-refractivity contribution in [3.8, 4) is 5.75 Å². The van der Waals surface area contributed by atoms with Gasteiger partial charge in [-0.3, -0.25) is 9.10 Å². The maximum Gasteiger partial charge on any atom is 0.264 e. The molecule has 0 saturated carbocycles. The van der Waals surface area contributed by atoms with Crippen molar-refractivity contribution in [3.63, 3.8) is 0 Å². The van der Waals surface area contributed by atoms with Gasteiger partial charge >= 0.3 is 0 Å². The zero-order valence-electron chi connectivity index (χ0n) is 16.6. The van der Waals surface area contributed by atoms with Crippen LogP contribution in [0.2, 0.25) is 5.02 Å². The first-order valence-electron chi connectivity index (χ1n) is 9.23. The van der Waals surface area contributed by atoms with Crippen LogP contribution in [0.3, 0.4) is 0 Å². The predicted molar refractivity (Wildman–Crippen MR) is 117 cm³/mol. The Hall–Kier alpha value is -3.10. The number of hydrogen-bond donors (Lipinski definition) is 1. The van der Waals surface area contributed by atoms with E-state index in [0.717, 1.165) is 4.31 Å². The van der Waals surface area contributed by atoms with Crippen molar-refractivity contribution in [1.82, 2.24) is 5.32 Å². The molecule has 162 valence electrons. The molecule has 0 atom stereocenters. The van der Waals surface area contributed by atoms with Gasteiger partial charge < -0.3 is 10.1 Å². The molecule has 0 aromatic heterocycles. The van der Waals surface area contributed by atoms with Gasteiger partial charge in [-0.25, -0.2) is 12.8 Å². The molecule has 0 spiro atoms. The molecule has 6 nitrogen and oxygen atoms in total. The second kappa shape index (κ2) is 9.80. The van der Waals surface area contributed by atoms with E-state index in [0.29, 0.717) is 16.3 Å². The molecule has 0 aliphatic heterocycles. The monoisotopic (exact) mass is 462 g/mol. The van der Waals surface area contributed by atoms with Gasteiger partial charge in [-0.2, -0.15) is 0 Å². The van der Waals surface area contributed by atoms with E-state index in [1.807, 2.05) is 0 Å². The van der Waals surface area contributed by atoms with Crippen LogP contribution in [0.1, 0.15) is 5.56 Å². The summed E-state index contributed by atoms with van der Waals surface area (Å²) in [5.41, 5.74) is 0.975. The molecule has 0 heterocycles. The first-order chi connectivity index (χ1) is 14.8. The smallest absolute Gasteiger partial charge is 0.264 e. The van der Waals surface area contributed by atoms with Crippen LogP contribution in [0.25, 0.3) is 0 Å². The molecular weight excluding hydrogens is 443 g/mol. The topological polar surface area (TPSA) is 75.7 Å². The second-order valence-corrected chi connectivity index (χ2v) is 8.87. The molecule has 9 heteroatoms.